The van der Waals surface area contributed by atoms with Crippen molar-refractivity contribution in [2.24, 2.45) is 10.7 Å². The Bertz CT molecular complexity index is 432. The third kappa shape index (κ3) is 3.81. The molecule has 0 fully saturated rings. The van der Waals surface area contributed by atoms with Crippen LogP contribution in [0.1, 0.15) is 12.5 Å². The van der Waals surface area contributed by atoms with Gasteiger partial charge in [0.2, 0.25) is 0 Å². The number of rotatable bonds is 2. The third-order valence-electron chi connectivity index (χ3n) is 1.81. The van der Waals surface area contributed by atoms with E-state index >= 15 is 0 Å². The van der Waals surface area contributed by atoms with Gasteiger partial charge in [-0.25, -0.2) is 4.99 Å². The number of hydrogen-bond donors (Lipinski definition) is 1. The van der Waals surface area contributed by atoms with Crippen LogP contribution in [0.25, 0.3) is 0 Å². The maximum absolute atomic E-state index is 12.5. The first-order valence-electron chi connectivity index (χ1n) is 4.69. The van der Waals surface area contributed by atoms with Gasteiger partial charge in [-0.2, -0.15) is 13.2 Å². The molecule has 1 aromatic carbocycles. The van der Waals surface area contributed by atoms with Crippen molar-refractivity contribution in [1.82, 2.24) is 0 Å². The van der Waals surface area contributed by atoms with Crippen molar-refractivity contribution >= 4 is 34.2 Å². The van der Waals surface area contributed by atoms with Gasteiger partial charge in [0.1, 0.15) is 0 Å². The maximum Gasteiger partial charge on any atom is 0.417 e. The lowest BCUT2D eigenvalue weighted by Gasteiger charge is -2.10. The number of amidine groups is 1. The second-order valence-electron chi connectivity index (χ2n) is 3.02. The Labute approximate surface area is 106 Å². The largest absolute Gasteiger partial charge is 0.417 e. The molecule has 2 nitrogen and oxygen atoms in total. The fourth-order valence-electron chi connectivity index (χ4n) is 1.12. The van der Waals surface area contributed by atoms with E-state index in [4.69, 9.17) is 17.3 Å². The standard InChI is InChI=1S/C10H10ClF3N2S/c1-2-17-9(15)16-7-5-3-4-6(8(7)11)10(12,13)14/h3-5H,2H2,1H3,(H2,15,16). The molecule has 0 aliphatic heterocycles. The van der Waals surface area contributed by atoms with Crippen LogP contribution >= 0.6 is 23.4 Å². The quantitative estimate of drug-likeness (QED) is 0.656. The number of halogens is 4. The summed E-state index contributed by atoms with van der Waals surface area (Å²) >= 11 is 6.88. The number of nitrogens with zero attached hydrogens (tertiary/aromatic N) is 1. The van der Waals surface area contributed by atoms with Crippen molar-refractivity contribution in [3.8, 4) is 0 Å². The first kappa shape index (κ1) is 14.2. The fourth-order valence-corrected chi connectivity index (χ4v) is 1.86. The van der Waals surface area contributed by atoms with E-state index in [-0.39, 0.29) is 10.9 Å². The van der Waals surface area contributed by atoms with Crippen molar-refractivity contribution in [2.75, 3.05) is 5.75 Å². The van der Waals surface area contributed by atoms with Gasteiger partial charge in [0.25, 0.3) is 0 Å². The van der Waals surface area contributed by atoms with E-state index in [0.29, 0.717) is 5.75 Å². The summed E-state index contributed by atoms with van der Waals surface area (Å²) in [6.45, 7) is 1.86. The summed E-state index contributed by atoms with van der Waals surface area (Å²) < 4.78 is 37.6. The smallest absolute Gasteiger partial charge is 0.378 e. The van der Waals surface area contributed by atoms with E-state index in [1.807, 2.05) is 6.92 Å². The molecule has 0 spiro atoms. The Hall–Kier alpha value is -0.880. The van der Waals surface area contributed by atoms with Crippen molar-refractivity contribution in [1.29, 1.82) is 0 Å². The minimum atomic E-state index is -4.49. The van der Waals surface area contributed by atoms with E-state index in [1.54, 1.807) is 0 Å². The van der Waals surface area contributed by atoms with Crippen LogP contribution in [0.3, 0.4) is 0 Å². The van der Waals surface area contributed by atoms with Crippen LogP contribution in [-0.2, 0) is 6.18 Å². The van der Waals surface area contributed by atoms with Gasteiger partial charge in [-0.1, -0.05) is 36.4 Å². The Morgan fingerprint density at radius 2 is 2.12 bits per heavy atom. The van der Waals surface area contributed by atoms with Gasteiger partial charge in [0.05, 0.1) is 16.3 Å². The first-order valence-corrected chi connectivity index (χ1v) is 6.05. The molecular weight excluding hydrogens is 273 g/mol. The zero-order valence-corrected chi connectivity index (χ0v) is 10.5. The highest BCUT2D eigenvalue weighted by Gasteiger charge is 2.33. The Morgan fingerprint density at radius 3 is 2.65 bits per heavy atom. The van der Waals surface area contributed by atoms with Crippen molar-refractivity contribution < 1.29 is 13.2 Å². The number of aliphatic imine (C=N–C) groups is 1. The summed E-state index contributed by atoms with van der Waals surface area (Å²) in [5.41, 5.74) is 4.64. The minimum Gasteiger partial charge on any atom is -0.378 e. The molecule has 2 N–H and O–H groups in total. The molecule has 0 bridgehead atoms. The van der Waals surface area contributed by atoms with Crippen LogP contribution in [0, 0.1) is 0 Å². The van der Waals surface area contributed by atoms with Gasteiger partial charge in [-0.15, -0.1) is 0 Å². The molecule has 0 saturated carbocycles. The highest BCUT2D eigenvalue weighted by Crippen LogP contribution is 2.39. The van der Waals surface area contributed by atoms with Crippen LogP contribution in [0.2, 0.25) is 5.02 Å². The Morgan fingerprint density at radius 1 is 1.47 bits per heavy atom. The zero-order chi connectivity index (χ0) is 13.1. The van der Waals surface area contributed by atoms with E-state index in [2.05, 4.69) is 4.99 Å². The van der Waals surface area contributed by atoms with Gasteiger partial charge in [0.15, 0.2) is 5.17 Å². The normalized spacial score (nSPS) is 12.9. The summed E-state index contributed by atoms with van der Waals surface area (Å²) in [6, 6.07) is 3.54. The first-order chi connectivity index (χ1) is 7.86. The third-order valence-corrected chi connectivity index (χ3v) is 2.88. The molecule has 0 radical (unpaired) electrons. The molecule has 1 rings (SSSR count). The Kier molecular flexibility index (Phi) is 4.70. The molecule has 0 aromatic heterocycles. The highest BCUT2D eigenvalue weighted by molar-refractivity contribution is 8.13. The topological polar surface area (TPSA) is 38.4 Å². The molecule has 0 saturated heterocycles. The van der Waals surface area contributed by atoms with Crippen molar-refractivity contribution in [2.45, 2.75) is 13.1 Å². The van der Waals surface area contributed by atoms with Crippen molar-refractivity contribution in [3.05, 3.63) is 28.8 Å². The van der Waals surface area contributed by atoms with E-state index in [0.717, 1.165) is 6.07 Å². The average Bonchev–Trinajstić information content (AvgIpc) is 2.19. The van der Waals surface area contributed by atoms with E-state index in [1.165, 1.54) is 23.9 Å². The molecule has 0 aliphatic rings. The van der Waals surface area contributed by atoms with Crippen molar-refractivity contribution in [3.63, 3.8) is 0 Å². The van der Waals surface area contributed by atoms with Crippen LogP contribution < -0.4 is 5.73 Å². The van der Waals surface area contributed by atoms with Crippen LogP contribution in [-0.4, -0.2) is 10.9 Å². The lowest BCUT2D eigenvalue weighted by atomic mass is 10.2. The SMILES string of the molecule is CCSC(N)=Nc1cccc(C(F)(F)F)c1Cl. The molecule has 7 heteroatoms. The molecule has 0 aliphatic carbocycles. The maximum atomic E-state index is 12.5. The molecule has 0 heterocycles. The Balaban J connectivity index is 3.16. The molecule has 0 atom stereocenters. The second-order valence-corrected chi connectivity index (χ2v) is 4.68. The zero-order valence-electron chi connectivity index (χ0n) is 8.88. The summed E-state index contributed by atoms with van der Waals surface area (Å²) in [6.07, 6.45) is -4.49. The molecule has 1 aromatic rings. The van der Waals surface area contributed by atoms with Gasteiger partial charge < -0.3 is 5.73 Å². The van der Waals surface area contributed by atoms with E-state index < -0.39 is 16.8 Å². The van der Waals surface area contributed by atoms with Crippen LogP contribution in [0.15, 0.2) is 23.2 Å². The summed E-state index contributed by atoms with van der Waals surface area (Å²) in [7, 11) is 0. The molecule has 0 unspecified atom stereocenters. The molecule has 94 valence electrons. The van der Waals surface area contributed by atoms with Gasteiger partial charge in [-0.05, 0) is 17.9 Å². The summed E-state index contributed by atoms with van der Waals surface area (Å²) in [5.74, 6) is 0.686. The molecule has 17 heavy (non-hydrogen) atoms. The lowest BCUT2D eigenvalue weighted by Crippen LogP contribution is -2.07. The predicted octanol–water partition coefficient (Wildman–Crippen LogP) is 4.06. The number of hydrogen-bond acceptors (Lipinski definition) is 2. The highest BCUT2D eigenvalue weighted by atomic mass is 35.5. The number of nitrogens with two attached hydrogens (primary N) is 1. The fraction of sp³-hybridized carbons (Fsp3) is 0.300. The predicted molar refractivity (Wildman–Crippen MR) is 65.9 cm³/mol. The number of thioether (sulfide) groups is 1. The summed E-state index contributed by atoms with van der Waals surface area (Å²) in [5, 5.41) is -0.242. The van der Waals surface area contributed by atoms with E-state index in [9.17, 15) is 13.2 Å². The summed E-state index contributed by atoms with van der Waals surface area (Å²) in [4.78, 5) is 3.85. The number of alkyl halides is 3. The monoisotopic (exact) mass is 282 g/mol. The molecule has 0 amide bonds. The number of benzene rings is 1. The van der Waals surface area contributed by atoms with Crippen LogP contribution in [0.5, 0.6) is 0 Å². The van der Waals surface area contributed by atoms with Gasteiger partial charge >= 0.3 is 6.18 Å². The minimum absolute atomic E-state index is 0.0277. The average molecular weight is 283 g/mol. The van der Waals surface area contributed by atoms with Gasteiger partial charge in [-0.3, -0.25) is 0 Å². The lowest BCUT2D eigenvalue weighted by molar-refractivity contribution is -0.137. The van der Waals surface area contributed by atoms with Gasteiger partial charge in [0, 0.05) is 0 Å². The van der Waals surface area contributed by atoms with Crippen LogP contribution in [0.4, 0.5) is 18.9 Å². The second kappa shape index (κ2) is 5.64. The molecular formula is C10H10ClF3N2S.